The third-order valence-electron chi connectivity index (χ3n) is 14.5. The Hall–Kier alpha value is -6.12. The molecule has 7 aromatic rings. The van der Waals surface area contributed by atoms with Crippen molar-refractivity contribution in [1.29, 1.82) is 0 Å². The standard InChI is InChI=1S/C56H48N2/c1-55(2)49-31-37(21-25-45(49)46-27-23-43(33-50(46)55)57-29-9-15-39-11-5-7-17-53(39)57)19-20-38-22-26-47-48-28-24-44(58-30-10-16-40-12-6-8-18-54(40)58)34-52(48)56(51(47)32-38)35-41-13-3-4-14-42(41)36-56/h3-8,11-14,17-28,31-34H,9-10,15-16,29-30,35-36H2,1-2H3/b20-19+. The number of aryl methyl sites for hydroxylation is 2. The molecule has 0 N–H and O–H groups in total. The van der Waals surface area contributed by atoms with Gasteiger partial charge in [-0.2, -0.15) is 0 Å². The van der Waals surface area contributed by atoms with Gasteiger partial charge in [0.1, 0.15) is 0 Å². The third-order valence-corrected chi connectivity index (χ3v) is 14.5. The fourth-order valence-corrected chi connectivity index (χ4v) is 11.6. The predicted octanol–water partition coefficient (Wildman–Crippen LogP) is 13.4. The number of para-hydroxylation sites is 2. The summed E-state index contributed by atoms with van der Waals surface area (Å²) in [7, 11) is 0. The fourth-order valence-electron chi connectivity index (χ4n) is 11.6. The Labute approximate surface area is 343 Å². The van der Waals surface area contributed by atoms with E-state index in [1.54, 1.807) is 0 Å². The molecule has 2 aliphatic heterocycles. The van der Waals surface area contributed by atoms with Crippen LogP contribution in [0.1, 0.15) is 82.3 Å². The molecular weight excluding hydrogens is 701 g/mol. The molecule has 282 valence electrons. The summed E-state index contributed by atoms with van der Waals surface area (Å²) in [5.74, 6) is 0. The van der Waals surface area contributed by atoms with Gasteiger partial charge in [0.05, 0.1) is 0 Å². The zero-order chi connectivity index (χ0) is 38.6. The second-order valence-electron chi connectivity index (χ2n) is 18.0. The molecule has 0 radical (unpaired) electrons. The lowest BCUT2D eigenvalue weighted by molar-refractivity contribution is 0.563. The van der Waals surface area contributed by atoms with Crippen LogP contribution in [0.4, 0.5) is 22.7 Å². The van der Waals surface area contributed by atoms with E-state index in [1.165, 1.54) is 113 Å². The molecule has 0 unspecified atom stereocenters. The quantitative estimate of drug-likeness (QED) is 0.165. The molecule has 7 aromatic carbocycles. The monoisotopic (exact) mass is 748 g/mol. The van der Waals surface area contributed by atoms with Gasteiger partial charge in [0, 0.05) is 46.7 Å². The van der Waals surface area contributed by atoms with Crippen LogP contribution in [0.2, 0.25) is 0 Å². The van der Waals surface area contributed by atoms with Crippen molar-refractivity contribution in [1.82, 2.24) is 0 Å². The van der Waals surface area contributed by atoms with Gasteiger partial charge in [-0.25, -0.2) is 0 Å². The van der Waals surface area contributed by atoms with Crippen molar-refractivity contribution >= 4 is 34.9 Å². The summed E-state index contributed by atoms with van der Waals surface area (Å²) in [5, 5.41) is 0. The molecule has 58 heavy (non-hydrogen) atoms. The van der Waals surface area contributed by atoms with E-state index in [0.717, 1.165) is 38.8 Å². The largest absolute Gasteiger partial charge is 0.341 e. The van der Waals surface area contributed by atoms with Crippen molar-refractivity contribution in [2.45, 2.75) is 63.2 Å². The molecule has 0 saturated heterocycles. The molecule has 0 saturated carbocycles. The maximum atomic E-state index is 2.56. The normalized spacial score (nSPS) is 17.4. The summed E-state index contributed by atoms with van der Waals surface area (Å²) < 4.78 is 0. The first-order valence-corrected chi connectivity index (χ1v) is 21.5. The minimum atomic E-state index is -0.0852. The zero-order valence-corrected chi connectivity index (χ0v) is 33.6. The summed E-state index contributed by atoms with van der Waals surface area (Å²) >= 11 is 0. The molecule has 5 aliphatic rings. The van der Waals surface area contributed by atoms with E-state index >= 15 is 0 Å². The van der Waals surface area contributed by atoms with Crippen LogP contribution in [-0.4, -0.2) is 13.1 Å². The van der Waals surface area contributed by atoms with Crippen molar-refractivity contribution in [3.05, 3.63) is 201 Å². The summed E-state index contributed by atoms with van der Waals surface area (Å²) in [5.41, 5.74) is 25.0. The van der Waals surface area contributed by atoms with Crippen LogP contribution in [0.3, 0.4) is 0 Å². The number of rotatable bonds is 4. The molecule has 0 aromatic heterocycles. The van der Waals surface area contributed by atoms with Crippen LogP contribution in [-0.2, 0) is 36.5 Å². The third kappa shape index (κ3) is 5.03. The van der Waals surface area contributed by atoms with Crippen LogP contribution in [0.5, 0.6) is 0 Å². The highest BCUT2D eigenvalue weighted by atomic mass is 15.1. The van der Waals surface area contributed by atoms with Gasteiger partial charge in [0.2, 0.25) is 0 Å². The molecule has 2 nitrogen and oxygen atoms in total. The van der Waals surface area contributed by atoms with Crippen molar-refractivity contribution in [2.24, 2.45) is 0 Å². The lowest BCUT2D eigenvalue weighted by Gasteiger charge is -2.33. The Kier molecular flexibility index (Phi) is 7.43. The molecule has 0 fully saturated rings. The molecule has 12 rings (SSSR count). The number of benzene rings is 7. The fraction of sp³-hybridized carbons (Fsp3) is 0.214. The van der Waals surface area contributed by atoms with Gasteiger partial charge in [-0.15, -0.1) is 0 Å². The predicted molar refractivity (Wildman–Crippen MR) is 243 cm³/mol. The average molecular weight is 749 g/mol. The van der Waals surface area contributed by atoms with Crippen LogP contribution in [0, 0.1) is 0 Å². The van der Waals surface area contributed by atoms with E-state index in [0.29, 0.717) is 0 Å². The van der Waals surface area contributed by atoms with Crippen LogP contribution in [0.25, 0.3) is 34.4 Å². The Morgan fingerprint density at radius 3 is 1.40 bits per heavy atom. The average Bonchev–Trinajstić information content (AvgIpc) is 3.87. The van der Waals surface area contributed by atoms with Crippen molar-refractivity contribution < 1.29 is 0 Å². The van der Waals surface area contributed by atoms with E-state index in [4.69, 9.17) is 0 Å². The van der Waals surface area contributed by atoms with Crippen molar-refractivity contribution in [2.75, 3.05) is 22.9 Å². The second-order valence-corrected chi connectivity index (χ2v) is 18.0. The Morgan fingerprint density at radius 1 is 0.431 bits per heavy atom. The lowest BCUT2D eigenvalue weighted by Crippen LogP contribution is -2.27. The minimum absolute atomic E-state index is 0.0674. The molecule has 0 bridgehead atoms. The van der Waals surface area contributed by atoms with Gasteiger partial charge >= 0.3 is 0 Å². The number of nitrogens with zero attached hydrogens (tertiary/aromatic N) is 2. The first kappa shape index (κ1) is 34.0. The SMILES string of the molecule is CC1(C)c2cc(/C=C/c3ccc4c(c3)C3(Cc5ccccc5C3)c3cc(N5CCCc6ccccc65)ccc3-4)ccc2-c2ccc(N3CCCc4ccccc43)cc21. The molecule has 0 atom stereocenters. The molecule has 1 spiro atoms. The van der Waals surface area contributed by atoms with Crippen LogP contribution < -0.4 is 9.80 Å². The maximum absolute atomic E-state index is 2.56. The molecule has 2 heterocycles. The molecular formula is C56H48N2. The maximum Gasteiger partial charge on any atom is 0.0443 e. The molecule has 0 amide bonds. The Balaban J connectivity index is 0.879. The zero-order valence-electron chi connectivity index (χ0n) is 33.6. The van der Waals surface area contributed by atoms with Crippen LogP contribution in [0.15, 0.2) is 146 Å². The van der Waals surface area contributed by atoms with Gasteiger partial charge in [-0.1, -0.05) is 135 Å². The van der Waals surface area contributed by atoms with E-state index < -0.39 is 0 Å². The van der Waals surface area contributed by atoms with Gasteiger partial charge in [-0.05, 0) is 153 Å². The molecule has 3 aliphatic carbocycles. The van der Waals surface area contributed by atoms with E-state index in [1.807, 2.05) is 0 Å². The van der Waals surface area contributed by atoms with Gasteiger partial charge in [0.25, 0.3) is 0 Å². The molecule has 2 heteroatoms. The smallest absolute Gasteiger partial charge is 0.0443 e. The van der Waals surface area contributed by atoms with E-state index in [-0.39, 0.29) is 10.8 Å². The number of hydrogen-bond donors (Lipinski definition) is 0. The Morgan fingerprint density at radius 2 is 0.845 bits per heavy atom. The summed E-state index contributed by atoms with van der Waals surface area (Å²) in [4.78, 5) is 5.10. The first-order valence-electron chi connectivity index (χ1n) is 21.5. The summed E-state index contributed by atoms with van der Waals surface area (Å²) in [6.07, 6.45) is 11.5. The minimum Gasteiger partial charge on any atom is -0.341 e. The summed E-state index contributed by atoms with van der Waals surface area (Å²) in [6.45, 7) is 6.94. The van der Waals surface area contributed by atoms with Crippen molar-refractivity contribution in [3.63, 3.8) is 0 Å². The topological polar surface area (TPSA) is 6.48 Å². The van der Waals surface area contributed by atoms with E-state index in [2.05, 4.69) is 181 Å². The highest BCUT2D eigenvalue weighted by Gasteiger charge is 2.47. The van der Waals surface area contributed by atoms with Crippen molar-refractivity contribution in [3.8, 4) is 22.3 Å². The first-order chi connectivity index (χ1) is 28.4. The number of anilines is 4. The lowest BCUT2D eigenvalue weighted by atomic mass is 9.75. The van der Waals surface area contributed by atoms with Gasteiger partial charge < -0.3 is 9.80 Å². The number of fused-ring (bicyclic) bond motifs is 11. The second kappa shape index (κ2) is 12.7. The van der Waals surface area contributed by atoms with Gasteiger partial charge in [0.15, 0.2) is 0 Å². The van der Waals surface area contributed by atoms with Gasteiger partial charge in [-0.3, -0.25) is 0 Å². The van der Waals surface area contributed by atoms with Crippen LogP contribution >= 0.6 is 0 Å². The highest BCUT2D eigenvalue weighted by molar-refractivity contribution is 5.88. The van der Waals surface area contributed by atoms with E-state index in [9.17, 15) is 0 Å². The number of hydrogen-bond acceptors (Lipinski definition) is 2. The summed E-state index contributed by atoms with van der Waals surface area (Å²) in [6, 6.07) is 56.0. The Bertz CT molecular complexity index is 2830. The highest BCUT2D eigenvalue weighted by Crippen LogP contribution is 2.57.